The molecule has 20 heavy (non-hydrogen) atoms. The third-order valence-corrected chi connectivity index (χ3v) is 4.96. The van der Waals surface area contributed by atoms with E-state index in [1.807, 2.05) is 23.9 Å². The highest BCUT2D eigenvalue weighted by Crippen LogP contribution is 2.42. The van der Waals surface area contributed by atoms with Crippen LogP contribution in [0.2, 0.25) is 0 Å². The lowest BCUT2D eigenvalue weighted by molar-refractivity contribution is -0.114. The van der Waals surface area contributed by atoms with Crippen molar-refractivity contribution in [2.75, 3.05) is 26.0 Å². The number of fused-ring (bicyclic) bond motifs is 2. The molecule has 2 aliphatic heterocycles. The molecular weight excluding hydrogens is 270 g/mol. The normalized spacial score (nSPS) is 17.9. The molecule has 0 spiro atoms. The highest BCUT2D eigenvalue weighted by Gasteiger charge is 2.31. The first-order valence-corrected chi connectivity index (χ1v) is 8.05. The fourth-order valence-corrected chi connectivity index (χ4v) is 4.00. The summed E-state index contributed by atoms with van der Waals surface area (Å²) in [5.41, 5.74) is 3.20. The lowest BCUT2D eigenvalue weighted by atomic mass is 9.93. The number of benzene rings is 1. The molecule has 1 aromatic carbocycles. The van der Waals surface area contributed by atoms with Gasteiger partial charge in [0.15, 0.2) is 5.78 Å². The third kappa shape index (κ3) is 2.22. The van der Waals surface area contributed by atoms with Gasteiger partial charge < -0.3 is 9.64 Å². The lowest BCUT2D eigenvalue weighted by Crippen LogP contribution is -2.35. The SMILES string of the molecule is CCCN1CCC(=O)C2=C1CSc1ccc(OC)cc12. The molecule has 3 rings (SSSR count). The van der Waals surface area contributed by atoms with Crippen LogP contribution in [0.15, 0.2) is 28.8 Å². The van der Waals surface area contributed by atoms with Gasteiger partial charge in [-0.2, -0.15) is 0 Å². The minimum absolute atomic E-state index is 0.280. The van der Waals surface area contributed by atoms with Crippen molar-refractivity contribution < 1.29 is 9.53 Å². The number of carbonyl (C=O) groups is 1. The third-order valence-electron chi connectivity index (χ3n) is 3.87. The van der Waals surface area contributed by atoms with Crippen LogP contribution in [0.3, 0.4) is 0 Å². The minimum atomic E-state index is 0.280. The number of thioether (sulfide) groups is 1. The van der Waals surface area contributed by atoms with E-state index < -0.39 is 0 Å². The number of rotatable bonds is 3. The molecule has 2 aliphatic rings. The number of Topliss-reactive ketones (excluding diaryl/α,β-unsaturated/α-hetero) is 1. The van der Waals surface area contributed by atoms with Crippen molar-refractivity contribution in [2.45, 2.75) is 24.7 Å². The van der Waals surface area contributed by atoms with Gasteiger partial charge in [-0.1, -0.05) is 6.92 Å². The molecule has 0 atom stereocenters. The van der Waals surface area contributed by atoms with Gasteiger partial charge >= 0.3 is 0 Å². The topological polar surface area (TPSA) is 29.5 Å². The van der Waals surface area contributed by atoms with Crippen LogP contribution >= 0.6 is 11.8 Å². The molecule has 106 valence electrons. The van der Waals surface area contributed by atoms with Gasteiger partial charge in [0.25, 0.3) is 0 Å². The van der Waals surface area contributed by atoms with Crippen molar-refractivity contribution in [3.63, 3.8) is 0 Å². The fraction of sp³-hybridized carbons (Fsp3) is 0.438. The van der Waals surface area contributed by atoms with E-state index in [-0.39, 0.29) is 5.78 Å². The summed E-state index contributed by atoms with van der Waals surface area (Å²) in [7, 11) is 1.67. The molecular formula is C16H19NO2S. The Balaban J connectivity index is 2.11. The molecule has 0 saturated carbocycles. The Bertz CT molecular complexity index is 580. The van der Waals surface area contributed by atoms with Crippen molar-refractivity contribution in [3.05, 3.63) is 29.5 Å². The summed E-state index contributed by atoms with van der Waals surface area (Å²) in [5, 5.41) is 0. The summed E-state index contributed by atoms with van der Waals surface area (Å²) in [6, 6.07) is 6.04. The Labute approximate surface area is 124 Å². The van der Waals surface area contributed by atoms with Gasteiger partial charge in [0.2, 0.25) is 0 Å². The first-order chi connectivity index (χ1) is 9.74. The minimum Gasteiger partial charge on any atom is -0.497 e. The highest BCUT2D eigenvalue weighted by molar-refractivity contribution is 7.99. The Morgan fingerprint density at radius 3 is 3.00 bits per heavy atom. The van der Waals surface area contributed by atoms with Crippen LogP contribution in [0.1, 0.15) is 25.3 Å². The van der Waals surface area contributed by atoms with Crippen LogP contribution in [0.5, 0.6) is 5.75 Å². The van der Waals surface area contributed by atoms with Crippen LogP contribution in [0.25, 0.3) is 5.57 Å². The van der Waals surface area contributed by atoms with E-state index in [0.717, 1.165) is 42.1 Å². The number of nitrogens with zero attached hydrogens (tertiary/aromatic N) is 1. The van der Waals surface area contributed by atoms with Crippen molar-refractivity contribution in [1.29, 1.82) is 0 Å². The Morgan fingerprint density at radius 1 is 1.40 bits per heavy atom. The predicted molar refractivity (Wildman–Crippen MR) is 82.1 cm³/mol. The Morgan fingerprint density at radius 2 is 2.25 bits per heavy atom. The molecule has 3 nitrogen and oxygen atoms in total. The molecule has 0 fully saturated rings. The smallest absolute Gasteiger partial charge is 0.167 e. The van der Waals surface area contributed by atoms with E-state index in [4.69, 9.17) is 4.74 Å². The van der Waals surface area contributed by atoms with Crippen molar-refractivity contribution in [2.24, 2.45) is 0 Å². The number of ketones is 1. The Hall–Kier alpha value is -1.42. The van der Waals surface area contributed by atoms with Crippen LogP contribution in [0, 0.1) is 0 Å². The fourth-order valence-electron chi connectivity index (χ4n) is 2.90. The lowest BCUT2D eigenvalue weighted by Gasteiger charge is -2.36. The first-order valence-electron chi connectivity index (χ1n) is 7.07. The maximum Gasteiger partial charge on any atom is 0.167 e. The second-order valence-electron chi connectivity index (χ2n) is 5.13. The molecule has 0 aromatic heterocycles. The van der Waals surface area contributed by atoms with E-state index in [0.29, 0.717) is 6.42 Å². The predicted octanol–water partition coefficient (Wildman–Crippen LogP) is 3.20. The van der Waals surface area contributed by atoms with Crippen LogP contribution in [-0.2, 0) is 4.79 Å². The standard InChI is InChI=1S/C16H19NO2S/c1-3-7-17-8-6-14(18)16-12-9-11(19-2)4-5-15(12)20-10-13(16)17/h4-5,9H,3,6-8,10H2,1-2H3. The summed E-state index contributed by atoms with van der Waals surface area (Å²) in [6.45, 7) is 4.08. The summed E-state index contributed by atoms with van der Waals surface area (Å²) in [5.74, 6) is 2.00. The van der Waals surface area contributed by atoms with Crippen molar-refractivity contribution in [3.8, 4) is 5.75 Å². The number of hydrogen-bond donors (Lipinski definition) is 0. The molecule has 0 radical (unpaired) electrons. The zero-order valence-electron chi connectivity index (χ0n) is 11.9. The van der Waals surface area contributed by atoms with E-state index in [2.05, 4.69) is 17.9 Å². The Kier molecular flexibility index (Phi) is 3.74. The zero-order valence-corrected chi connectivity index (χ0v) is 12.8. The molecule has 0 N–H and O–H groups in total. The number of carbonyl (C=O) groups excluding carboxylic acids is 1. The number of methoxy groups -OCH3 is 1. The van der Waals surface area contributed by atoms with E-state index in [1.54, 1.807) is 7.11 Å². The van der Waals surface area contributed by atoms with Gasteiger partial charge in [-0.15, -0.1) is 11.8 Å². The molecule has 2 heterocycles. The average Bonchev–Trinajstić information content (AvgIpc) is 2.49. The van der Waals surface area contributed by atoms with Gasteiger partial charge in [-0.05, 0) is 24.6 Å². The highest BCUT2D eigenvalue weighted by atomic mass is 32.2. The molecule has 0 unspecified atom stereocenters. The first kappa shape index (κ1) is 13.6. The van der Waals surface area contributed by atoms with Gasteiger partial charge in [-0.3, -0.25) is 4.79 Å². The number of ether oxygens (including phenoxy) is 1. The number of hydrogen-bond acceptors (Lipinski definition) is 4. The van der Waals surface area contributed by atoms with Gasteiger partial charge in [0.1, 0.15) is 5.75 Å². The number of allylic oxidation sites excluding steroid dienone is 1. The quantitative estimate of drug-likeness (QED) is 0.854. The van der Waals surface area contributed by atoms with Crippen molar-refractivity contribution >= 4 is 23.1 Å². The van der Waals surface area contributed by atoms with Crippen molar-refractivity contribution in [1.82, 2.24) is 4.90 Å². The van der Waals surface area contributed by atoms with E-state index >= 15 is 0 Å². The van der Waals surface area contributed by atoms with Crippen LogP contribution < -0.4 is 4.74 Å². The molecule has 1 aromatic rings. The monoisotopic (exact) mass is 289 g/mol. The summed E-state index contributed by atoms with van der Waals surface area (Å²) < 4.78 is 5.31. The maximum absolute atomic E-state index is 12.4. The van der Waals surface area contributed by atoms with Gasteiger partial charge in [0.05, 0.1) is 7.11 Å². The summed E-state index contributed by atoms with van der Waals surface area (Å²) in [4.78, 5) is 16.0. The summed E-state index contributed by atoms with van der Waals surface area (Å²) >= 11 is 1.82. The summed E-state index contributed by atoms with van der Waals surface area (Å²) in [6.07, 6.45) is 1.74. The second-order valence-corrected chi connectivity index (χ2v) is 6.15. The molecule has 0 saturated heterocycles. The van der Waals surface area contributed by atoms with E-state index in [9.17, 15) is 4.79 Å². The van der Waals surface area contributed by atoms with Crippen LogP contribution in [-0.4, -0.2) is 36.6 Å². The zero-order chi connectivity index (χ0) is 14.1. The second kappa shape index (κ2) is 5.52. The molecule has 0 bridgehead atoms. The van der Waals surface area contributed by atoms with Gasteiger partial charge in [-0.25, -0.2) is 0 Å². The molecule has 0 aliphatic carbocycles. The average molecular weight is 289 g/mol. The molecule has 4 heteroatoms. The largest absolute Gasteiger partial charge is 0.497 e. The van der Waals surface area contributed by atoms with Crippen LogP contribution in [0.4, 0.5) is 0 Å². The maximum atomic E-state index is 12.4. The molecule has 0 amide bonds. The van der Waals surface area contributed by atoms with E-state index in [1.165, 1.54) is 10.6 Å². The van der Waals surface area contributed by atoms with Gasteiger partial charge in [0, 0.05) is 47.0 Å².